The van der Waals surface area contributed by atoms with Gasteiger partial charge < -0.3 is 15.0 Å². The predicted octanol–water partition coefficient (Wildman–Crippen LogP) is 0.293. The van der Waals surface area contributed by atoms with Crippen molar-refractivity contribution in [3.8, 4) is 0 Å². The van der Waals surface area contributed by atoms with Crippen LogP contribution in [-0.2, 0) is 14.6 Å². The summed E-state index contributed by atoms with van der Waals surface area (Å²) in [7, 11) is -2.11. The molecule has 1 aliphatic rings. The molecule has 1 atom stereocenters. The first-order valence-corrected chi connectivity index (χ1v) is 6.74. The van der Waals surface area contributed by atoms with Crippen LogP contribution in [0.25, 0.3) is 0 Å². The van der Waals surface area contributed by atoms with Gasteiger partial charge in [0.2, 0.25) is 0 Å². The average Bonchev–Trinajstić information content (AvgIpc) is 2.80. The van der Waals surface area contributed by atoms with E-state index in [4.69, 9.17) is 10.3 Å². The molecule has 0 aliphatic carbocycles. The van der Waals surface area contributed by atoms with E-state index in [1.807, 2.05) is 0 Å². The number of nitrogens with two attached hydrogens (primary N) is 1. The van der Waals surface area contributed by atoms with Crippen LogP contribution in [0.1, 0.15) is 34.2 Å². The molecular formula is C9H12N2O5S. The third-order valence-electron chi connectivity index (χ3n) is 2.76. The summed E-state index contributed by atoms with van der Waals surface area (Å²) < 4.78 is 32.9. The maximum absolute atomic E-state index is 11.8. The zero-order chi connectivity index (χ0) is 12.6. The van der Waals surface area contributed by atoms with E-state index in [2.05, 4.69) is 9.89 Å². The number of sulfone groups is 1. The van der Waals surface area contributed by atoms with E-state index in [0.29, 0.717) is 12.8 Å². The molecule has 2 heterocycles. The minimum Gasteiger partial charge on any atom is -0.465 e. The first-order valence-electron chi connectivity index (χ1n) is 5.02. The van der Waals surface area contributed by atoms with Gasteiger partial charge in [-0.3, -0.25) is 0 Å². The molecule has 0 radical (unpaired) electrons. The van der Waals surface area contributed by atoms with Gasteiger partial charge in [-0.1, -0.05) is 5.16 Å². The van der Waals surface area contributed by atoms with Crippen LogP contribution in [0.15, 0.2) is 4.52 Å². The van der Waals surface area contributed by atoms with Crippen LogP contribution >= 0.6 is 0 Å². The van der Waals surface area contributed by atoms with Crippen LogP contribution in [-0.4, -0.2) is 32.4 Å². The lowest BCUT2D eigenvalue weighted by molar-refractivity contribution is 0.0599. The zero-order valence-electron chi connectivity index (χ0n) is 9.17. The molecule has 1 aromatic rings. The highest BCUT2D eigenvalue weighted by Gasteiger charge is 2.39. The second-order valence-corrected chi connectivity index (χ2v) is 6.10. The number of aromatic nitrogens is 1. The molecule has 0 spiro atoms. The molecule has 0 bridgehead atoms. The summed E-state index contributed by atoms with van der Waals surface area (Å²) in [5.74, 6) is -0.805. The fourth-order valence-corrected chi connectivity index (χ4v) is 3.80. The molecule has 0 saturated carbocycles. The highest BCUT2D eigenvalue weighted by molar-refractivity contribution is 7.91. The lowest BCUT2D eigenvalue weighted by Gasteiger charge is -2.06. The van der Waals surface area contributed by atoms with Crippen molar-refractivity contribution in [1.29, 1.82) is 0 Å². The number of methoxy groups -OCH3 is 1. The summed E-state index contributed by atoms with van der Waals surface area (Å²) in [4.78, 5) is 11.5. The number of hydrogen-bond acceptors (Lipinski definition) is 7. The molecule has 94 valence electrons. The molecule has 1 saturated heterocycles. The number of rotatable bonds is 2. The van der Waals surface area contributed by atoms with Crippen LogP contribution in [0.4, 0.5) is 5.82 Å². The van der Waals surface area contributed by atoms with Gasteiger partial charge in [0, 0.05) is 0 Å². The van der Waals surface area contributed by atoms with Crippen molar-refractivity contribution in [2.75, 3.05) is 18.6 Å². The number of carbonyl (C=O) groups excluding carboxylic acids is 1. The van der Waals surface area contributed by atoms with Crippen molar-refractivity contribution < 1.29 is 22.5 Å². The molecule has 0 amide bonds. The van der Waals surface area contributed by atoms with Crippen molar-refractivity contribution >= 4 is 21.6 Å². The van der Waals surface area contributed by atoms with E-state index < -0.39 is 21.1 Å². The molecule has 2 N–H and O–H groups in total. The molecule has 1 aliphatic heterocycles. The summed E-state index contributed by atoms with van der Waals surface area (Å²) in [6.07, 6.45) is 0.940. The fraction of sp³-hybridized carbons (Fsp3) is 0.556. The second kappa shape index (κ2) is 4.02. The van der Waals surface area contributed by atoms with Crippen LogP contribution in [0.2, 0.25) is 0 Å². The van der Waals surface area contributed by atoms with Gasteiger partial charge in [0.05, 0.1) is 12.9 Å². The van der Waals surface area contributed by atoms with Crippen LogP contribution in [0.3, 0.4) is 0 Å². The van der Waals surface area contributed by atoms with Crippen molar-refractivity contribution in [1.82, 2.24) is 5.16 Å². The summed E-state index contributed by atoms with van der Waals surface area (Å²) in [5.41, 5.74) is 5.39. The van der Waals surface area contributed by atoms with Crippen LogP contribution < -0.4 is 5.73 Å². The first kappa shape index (κ1) is 11.9. The summed E-state index contributed by atoms with van der Waals surface area (Å²) in [6, 6.07) is 0. The lowest BCUT2D eigenvalue weighted by Crippen LogP contribution is -2.13. The highest BCUT2D eigenvalue weighted by Crippen LogP contribution is 2.37. The Labute approximate surface area is 97.8 Å². The largest absolute Gasteiger partial charge is 0.465 e. The Kier molecular flexibility index (Phi) is 2.82. The highest BCUT2D eigenvalue weighted by atomic mass is 32.2. The Morgan fingerprint density at radius 1 is 1.59 bits per heavy atom. The monoisotopic (exact) mass is 260 g/mol. The van der Waals surface area contributed by atoms with Gasteiger partial charge in [-0.15, -0.1) is 0 Å². The van der Waals surface area contributed by atoms with Gasteiger partial charge in [-0.2, -0.15) is 0 Å². The Hall–Kier alpha value is -1.57. The van der Waals surface area contributed by atoms with Crippen molar-refractivity contribution in [2.45, 2.75) is 18.1 Å². The smallest absolute Gasteiger partial charge is 0.345 e. The Morgan fingerprint density at radius 3 is 2.82 bits per heavy atom. The Bertz CT molecular complexity index is 548. The first-order chi connectivity index (χ1) is 7.97. The quantitative estimate of drug-likeness (QED) is 0.760. The number of nitrogens with zero attached hydrogens (tertiary/aromatic N) is 1. The summed E-state index contributed by atoms with van der Waals surface area (Å²) in [6.45, 7) is 0. The molecule has 1 aromatic heterocycles. The zero-order valence-corrected chi connectivity index (χ0v) is 9.99. The van der Waals surface area contributed by atoms with Gasteiger partial charge in [0.15, 0.2) is 21.4 Å². The van der Waals surface area contributed by atoms with Crippen molar-refractivity contribution in [3.05, 3.63) is 11.3 Å². The molecule has 1 unspecified atom stereocenters. The predicted molar refractivity (Wildman–Crippen MR) is 58.0 cm³/mol. The topological polar surface area (TPSA) is 112 Å². The van der Waals surface area contributed by atoms with Crippen molar-refractivity contribution in [2.24, 2.45) is 0 Å². The fourth-order valence-electron chi connectivity index (χ4n) is 1.93. The van der Waals surface area contributed by atoms with Gasteiger partial charge >= 0.3 is 5.97 Å². The van der Waals surface area contributed by atoms with Crippen LogP contribution in [0, 0.1) is 0 Å². The minimum absolute atomic E-state index is 0.00755. The molecule has 0 aromatic carbocycles. The average molecular weight is 260 g/mol. The van der Waals surface area contributed by atoms with E-state index in [1.54, 1.807) is 0 Å². The lowest BCUT2D eigenvalue weighted by atomic mass is 10.1. The number of hydrogen-bond donors (Lipinski definition) is 1. The maximum Gasteiger partial charge on any atom is 0.345 e. The summed E-state index contributed by atoms with van der Waals surface area (Å²) >= 11 is 0. The maximum atomic E-state index is 11.8. The molecular weight excluding hydrogens is 248 g/mol. The summed E-state index contributed by atoms with van der Waals surface area (Å²) in [5, 5.41) is 2.59. The van der Waals surface area contributed by atoms with Crippen molar-refractivity contribution in [3.63, 3.8) is 0 Å². The van der Waals surface area contributed by atoms with Gasteiger partial charge in [-0.05, 0) is 12.8 Å². The minimum atomic E-state index is -3.29. The molecule has 7 nitrogen and oxygen atoms in total. The number of carbonyl (C=O) groups is 1. The second-order valence-electron chi connectivity index (χ2n) is 3.80. The number of ether oxygens (including phenoxy) is 1. The van der Waals surface area contributed by atoms with E-state index in [9.17, 15) is 13.2 Å². The molecule has 8 heteroatoms. The van der Waals surface area contributed by atoms with Gasteiger partial charge in [-0.25, -0.2) is 13.2 Å². The molecule has 1 fully saturated rings. The molecule has 2 rings (SSSR count). The van der Waals surface area contributed by atoms with E-state index >= 15 is 0 Å². The Morgan fingerprint density at radius 2 is 2.29 bits per heavy atom. The third kappa shape index (κ3) is 1.88. The van der Waals surface area contributed by atoms with Crippen LogP contribution in [0.5, 0.6) is 0 Å². The SMILES string of the molecule is COC(=O)c1c(N)noc1C1CCCS1(=O)=O. The van der Waals surface area contributed by atoms with Gasteiger partial charge in [0.1, 0.15) is 10.8 Å². The standard InChI is InChI=1S/C9H12N2O5S/c1-15-9(12)6-7(16-11-8(6)10)5-3-2-4-17(5,13)14/h5H,2-4H2,1H3,(H2,10,11). The van der Waals surface area contributed by atoms with E-state index in [0.717, 1.165) is 0 Å². The van der Waals surface area contributed by atoms with E-state index in [1.165, 1.54) is 7.11 Å². The number of anilines is 1. The van der Waals surface area contributed by atoms with E-state index in [-0.39, 0.29) is 22.9 Å². The number of nitrogen functional groups attached to an aromatic ring is 1. The Balaban J connectivity index is 2.50. The number of esters is 1. The third-order valence-corrected chi connectivity index (χ3v) is 4.93. The normalized spacial score (nSPS) is 22.5. The molecule has 17 heavy (non-hydrogen) atoms. The van der Waals surface area contributed by atoms with Gasteiger partial charge in [0.25, 0.3) is 0 Å².